The molecule has 1 heterocycles. The Kier molecular flexibility index (Phi) is 4.46. The van der Waals surface area contributed by atoms with Crippen molar-refractivity contribution in [3.05, 3.63) is 47.5 Å². The van der Waals surface area contributed by atoms with E-state index in [-0.39, 0.29) is 4.90 Å². The van der Waals surface area contributed by atoms with Gasteiger partial charge in [-0.2, -0.15) is 8.75 Å². The molecule has 26 heavy (non-hydrogen) atoms. The number of nitrogens with zero attached hydrogens (tertiary/aromatic N) is 2. The van der Waals surface area contributed by atoms with Crippen LogP contribution in [0, 0.1) is 0 Å². The fourth-order valence-corrected chi connectivity index (χ4v) is 5.28. The summed E-state index contributed by atoms with van der Waals surface area (Å²) in [6.07, 6.45) is 4.12. The number of carbonyl (C=O) groups excluding carboxylic acids is 1. The second-order valence-corrected chi connectivity index (χ2v) is 8.83. The van der Waals surface area contributed by atoms with E-state index < -0.39 is 21.5 Å². The summed E-state index contributed by atoms with van der Waals surface area (Å²) in [6.45, 7) is 0. The molecule has 1 N–H and O–H groups in total. The van der Waals surface area contributed by atoms with Gasteiger partial charge < -0.3 is 5.32 Å². The van der Waals surface area contributed by atoms with Crippen molar-refractivity contribution in [3.8, 4) is 0 Å². The summed E-state index contributed by atoms with van der Waals surface area (Å²) in [5.74, 6) is -1.16. The third kappa shape index (κ3) is 3.22. The lowest BCUT2D eigenvalue weighted by Gasteiger charge is -2.19. The van der Waals surface area contributed by atoms with E-state index in [1.54, 1.807) is 12.1 Å². The number of aryl methyl sites for hydroxylation is 1. The first-order valence-electron chi connectivity index (χ1n) is 8.39. The zero-order chi connectivity index (χ0) is 18.1. The lowest BCUT2D eigenvalue weighted by molar-refractivity contribution is -0.113. The van der Waals surface area contributed by atoms with Crippen molar-refractivity contribution in [2.75, 3.05) is 11.1 Å². The van der Waals surface area contributed by atoms with Crippen molar-refractivity contribution in [3.63, 3.8) is 0 Å². The Bertz CT molecular complexity index is 1090. The van der Waals surface area contributed by atoms with Gasteiger partial charge in [-0.15, -0.1) is 0 Å². The fourth-order valence-electron chi connectivity index (χ4n) is 3.37. The van der Waals surface area contributed by atoms with Crippen molar-refractivity contribution < 1.29 is 13.2 Å². The molecule has 1 aromatic heterocycles. The summed E-state index contributed by atoms with van der Waals surface area (Å²) in [4.78, 5) is 12.5. The highest BCUT2D eigenvalue weighted by Gasteiger charge is 2.24. The molecule has 1 aliphatic carbocycles. The number of nitrogens with one attached hydrogen (secondary N) is 1. The van der Waals surface area contributed by atoms with Crippen LogP contribution in [0.15, 0.2) is 41.3 Å². The van der Waals surface area contributed by atoms with E-state index in [1.807, 2.05) is 12.1 Å². The van der Waals surface area contributed by atoms with Gasteiger partial charge in [-0.05, 0) is 55.0 Å². The Morgan fingerprint density at radius 2 is 1.88 bits per heavy atom. The van der Waals surface area contributed by atoms with Gasteiger partial charge in [-0.3, -0.25) is 4.79 Å². The zero-order valence-corrected chi connectivity index (χ0v) is 15.6. The van der Waals surface area contributed by atoms with Crippen LogP contribution in [0.5, 0.6) is 0 Å². The smallest absolute Gasteiger partial charge is 0.239 e. The first kappa shape index (κ1) is 17.1. The van der Waals surface area contributed by atoms with Crippen molar-refractivity contribution >= 4 is 44.2 Å². The summed E-state index contributed by atoms with van der Waals surface area (Å²) in [6, 6.07) is 10.6. The average molecular weight is 387 g/mol. The highest BCUT2D eigenvalue weighted by atomic mass is 32.2. The summed E-state index contributed by atoms with van der Waals surface area (Å²) >= 11 is 0.955. The summed E-state index contributed by atoms with van der Waals surface area (Å²) < 4.78 is 33.5. The number of carbonyl (C=O) groups is 1. The Morgan fingerprint density at radius 3 is 2.77 bits per heavy atom. The molecule has 3 aromatic rings. The number of anilines is 1. The van der Waals surface area contributed by atoms with Crippen molar-refractivity contribution in [1.82, 2.24) is 8.75 Å². The third-order valence-electron chi connectivity index (χ3n) is 4.58. The van der Waals surface area contributed by atoms with Crippen LogP contribution >= 0.6 is 11.7 Å². The third-order valence-corrected chi connectivity index (χ3v) is 6.76. The molecule has 0 atom stereocenters. The van der Waals surface area contributed by atoms with E-state index in [0.29, 0.717) is 11.0 Å². The molecule has 0 fully saturated rings. The summed E-state index contributed by atoms with van der Waals surface area (Å²) in [7, 11) is -3.81. The van der Waals surface area contributed by atoms with Crippen LogP contribution in [0.2, 0.25) is 0 Å². The van der Waals surface area contributed by atoms with Gasteiger partial charge in [-0.25, -0.2) is 8.42 Å². The Balaban J connectivity index is 1.58. The van der Waals surface area contributed by atoms with Gasteiger partial charge in [0.2, 0.25) is 5.91 Å². The first-order valence-corrected chi connectivity index (χ1v) is 10.8. The predicted octanol–water partition coefficient (Wildman–Crippen LogP) is 2.98. The Hall–Kier alpha value is -2.32. The topological polar surface area (TPSA) is 89.0 Å². The number of amides is 1. The molecule has 8 heteroatoms. The van der Waals surface area contributed by atoms with Gasteiger partial charge >= 0.3 is 0 Å². The van der Waals surface area contributed by atoms with Crippen LogP contribution in [0.25, 0.3) is 11.0 Å². The lowest BCUT2D eigenvalue weighted by atomic mass is 9.90. The van der Waals surface area contributed by atoms with Crippen LogP contribution in [-0.2, 0) is 27.5 Å². The quantitative estimate of drug-likeness (QED) is 0.743. The second-order valence-electron chi connectivity index (χ2n) is 6.35. The largest absolute Gasteiger partial charge is 0.325 e. The first-order chi connectivity index (χ1) is 12.5. The minimum atomic E-state index is -3.81. The van der Waals surface area contributed by atoms with Gasteiger partial charge in [-0.1, -0.05) is 18.2 Å². The number of hydrogen-bond donors (Lipinski definition) is 1. The molecule has 134 valence electrons. The average Bonchev–Trinajstić information content (AvgIpc) is 3.10. The monoisotopic (exact) mass is 387 g/mol. The van der Waals surface area contributed by atoms with Crippen molar-refractivity contribution in [2.24, 2.45) is 0 Å². The number of fused-ring (bicyclic) bond motifs is 2. The van der Waals surface area contributed by atoms with Crippen LogP contribution in [-0.4, -0.2) is 28.8 Å². The van der Waals surface area contributed by atoms with E-state index in [9.17, 15) is 13.2 Å². The van der Waals surface area contributed by atoms with Gasteiger partial charge in [0.05, 0.1) is 16.6 Å². The molecule has 0 unspecified atom stereocenters. The highest BCUT2D eigenvalue weighted by Crippen LogP contribution is 2.28. The standard InChI is InChI=1S/C18H17N3O3S2/c22-17(19-14-8-3-6-12-5-1-2-7-13(12)14)11-26(23,24)16-10-4-9-15-18(16)21-25-20-15/h3-4,6,8-10H,1-2,5,7,11H2,(H,19,22). The van der Waals surface area contributed by atoms with Crippen LogP contribution in [0.1, 0.15) is 24.0 Å². The minimum absolute atomic E-state index is 0.0500. The van der Waals surface area contributed by atoms with Gasteiger partial charge in [0.25, 0.3) is 0 Å². The molecular weight excluding hydrogens is 370 g/mol. The number of sulfone groups is 1. The van der Waals surface area contributed by atoms with Crippen molar-refractivity contribution in [2.45, 2.75) is 30.6 Å². The molecule has 0 saturated carbocycles. The van der Waals surface area contributed by atoms with E-state index in [1.165, 1.54) is 11.6 Å². The minimum Gasteiger partial charge on any atom is -0.325 e. The molecule has 0 bridgehead atoms. The second kappa shape index (κ2) is 6.77. The highest BCUT2D eigenvalue weighted by molar-refractivity contribution is 7.92. The number of aromatic nitrogens is 2. The molecule has 0 aliphatic heterocycles. The van der Waals surface area contributed by atoms with Crippen LogP contribution in [0.3, 0.4) is 0 Å². The SMILES string of the molecule is O=C(CS(=O)(=O)c1cccc2nsnc12)Nc1cccc2c1CCCC2. The number of hydrogen-bond acceptors (Lipinski definition) is 6. The summed E-state index contributed by atoms with van der Waals surface area (Å²) in [5, 5.41) is 2.79. The van der Waals surface area contributed by atoms with E-state index in [0.717, 1.165) is 48.7 Å². The van der Waals surface area contributed by atoms with Gasteiger partial charge in [0, 0.05) is 5.69 Å². The normalized spacial score (nSPS) is 14.2. The molecule has 4 rings (SSSR count). The Morgan fingerprint density at radius 1 is 1.08 bits per heavy atom. The zero-order valence-electron chi connectivity index (χ0n) is 13.9. The molecule has 0 saturated heterocycles. The van der Waals surface area contributed by atoms with Crippen LogP contribution < -0.4 is 5.32 Å². The molecule has 0 radical (unpaired) electrons. The number of rotatable bonds is 4. The van der Waals surface area contributed by atoms with Crippen molar-refractivity contribution in [1.29, 1.82) is 0 Å². The van der Waals surface area contributed by atoms with Crippen LogP contribution in [0.4, 0.5) is 5.69 Å². The Labute approximate surface area is 155 Å². The fraction of sp³-hybridized carbons (Fsp3) is 0.278. The maximum Gasteiger partial charge on any atom is 0.239 e. The molecule has 1 amide bonds. The van der Waals surface area contributed by atoms with E-state index in [4.69, 9.17) is 0 Å². The van der Waals surface area contributed by atoms with E-state index in [2.05, 4.69) is 20.1 Å². The molecule has 1 aliphatic rings. The van der Waals surface area contributed by atoms with Gasteiger partial charge in [0.15, 0.2) is 9.84 Å². The molecule has 0 spiro atoms. The molecular formula is C18H17N3O3S2. The van der Waals surface area contributed by atoms with E-state index >= 15 is 0 Å². The maximum absolute atomic E-state index is 12.7. The maximum atomic E-state index is 12.7. The molecule has 2 aromatic carbocycles. The van der Waals surface area contributed by atoms with Gasteiger partial charge in [0.1, 0.15) is 16.8 Å². The lowest BCUT2D eigenvalue weighted by Crippen LogP contribution is -2.24. The number of benzene rings is 2. The summed E-state index contributed by atoms with van der Waals surface area (Å²) in [5.41, 5.74) is 3.91. The predicted molar refractivity (Wildman–Crippen MR) is 101 cm³/mol. The molecule has 6 nitrogen and oxygen atoms in total.